The SMILES string of the molecule is COc1ccc(-n2cncc2C(N)CC(C)C)cc1F. The smallest absolute Gasteiger partial charge is 0.167 e. The van der Waals surface area contributed by atoms with E-state index in [1.54, 1.807) is 24.7 Å². The van der Waals surface area contributed by atoms with E-state index in [4.69, 9.17) is 10.5 Å². The number of hydrogen-bond acceptors (Lipinski definition) is 3. The van der Waals surface area contributed by atoms with E-state index in [1.807, 2.05) is 4.57 Å². The van der Waals surface area contributed by atoms with Gasteiger partial charge in [0, 0.05) is 12.1 Å². The third kappa shape index (κ3) is 2.99. The van der Waals surface area contributed by atoms with Crippen molar-refractivity contribution in [3.8, 4) is 11.4 Å². The molecule has 1 heterocycles. The molecule has 0 bridgehead atoms. The molecule has 0 aliphatic heterocycles. The zero-order chi connectivity index (χ0) is 14.7. The predicted molar refractivity (Wildman–Crippen MR) is 76.5 cm³/mol. The molecule has 0 saturated heterocycles. The number of halogens is 1. The maximum atomic E-state index is 13.8. The van der Waals surface area contributed by atoms with Gasteiger partial charge in [-0.05, 0) is 24.5 Å². The van der Waals surface area contributed by atoms with Crippen molar-refractivity contribution in [1.29, 1.82) is 0 Å². The molecule has 1 aromatic carbocycles. The standard InChI is InChI=1S/C15H20FN3O/c1-10(2)6-13(17)14-8-18-9-19(14)11-4-5-15(20-3)12(16)7-11/h4-5,7-10,13H,6,17H2,1-3H3. The van der Waals surface area contributed by atoms with E-state index in [2.05, 4.69) is 18.8 Å². The molecule has 1 unspecified atom stereocenters. The largest absolute Gasteiger partial charge is 0.494 e. The number of methoxy groups -OCH3 is 1. The topological polar surface area (TPSA) is 53.1 Å². The van der Waals surface area contributed by atoms with Gasteiger partial charge in [0.05, 0.1) is 31.0 Å². The highest BCUT2D eigenvalue weighted by Gasteiger charge is 2.15. The minimum atomic E-state index is -0.401. The van der Waals surface area contributed by atoms with E-state index in [-0.39, 0.29) is 11.8 Å². The Labute approximate surface area is 118 Å². The molecule has 0 amide bonds. The Kier molecular flexibility index (Phi) is 4.39. The Morgan fingerprint density at radius 1 is 1.40 bits per heavy atom. The number of rotatable bonds is 5. The molecule has 2 aromatic rings. The van der Waals surface area contributed by atoms with Gasteiger partial charge in [-0.15, -0.1) is 0 Å². The molecule has 0 aliphatic carbocycles. The van der Waals surface area contributed by atoms with Crippen LogP contribution in [-0.4, -0.2) is 16.7 Å². The molecular weight excluding hydrogens is 257 g/mol. The molecule has 0 fully saturated rings. The Hall–Kier alpha value is -1.88. The van der Waals surface area contributed by atoms with E-state index in [9.17, 15) is 4.39 Å². The quantitative estimate of drug-likeness (QED) is 0.913. The van der Waals surface area contributed by atoms with Crippen molar-refractivity contribution in [2.45, 2.75) is 26.3 Å². The summed E-state index contributed by atoms with van der Waals surface area (Å²) in [5.74, 6) is 0.310. The van der Waals surface area contributed by atoms with Crippen molar-refractivity contribution < 1.29 is 9.13 Å². The summed E-state index contributed by atoms with van der Waals surface area (Å²) in [5.41, 5.74) is 7.76. The van der Waals surface area contributed by atoms with Gasteiger partial charge in [0.2, 0.25) is 0 Å². The summed E-state index contributed by atoms with van der Waals surface area (Å²) < 4.78 is 20.5. The van der Waals surface area contributed by atoms with E-state index >= 15 is 0 Å². The lowest BCUT2D eigenvalue weighted by Gasteiger charge is -2.17. The third-order valence-electron chi connectivity index (χ3n) is 3.19. The fraction of sp³-hybridized carbons (Fsp3) is 0.400. The molecule has 108 valence electrons. The second-order valence-corrected chi connectivity index (χ2v) is 5.24. The van der Waals surface area contributed by atoms with Crippen molar-refractivity contribution in [2.24, 2.45) is 11.7 Å². The maximum Gasteiger partial charge on any atom is 0.167 e. The van der Waals surface area contributed by atoms with Gasteiger partial charge in [-0.1, -0.05) is 13.8 Å². The zero-order valence-electron chi connectivity index (χ0n) is 12.0. The minimum Gasteiger partial charge on any atom is -0.494 e. The monoisotopic (exact) mass is 277 g/mol. The lowest BCUT2D eigenvalue weighted by molar-refractivity contribution is 0.386. The summed E-state index contributed by atoms with van der Waals surface area (Å²) in [6.07, 6.45) is 4.23. The highest BCUT2D eigenvalue weighted by Crippen LogP contribution is 2.24. The summed E-state index contributed by atoms with van der Waals surface area (Å²) in [4.78, 5) is 4.13. The third-order valence-corrected chi connectivity index (χ3v) is 3.19. The Morgan fingerprint density at radius 2 is 2.15 bits per heavy atom. The van der Waals surface area contributed by atoms with Crippen molar-refractivity contribution >= 4 is 0 Å². The first-order valence-electron chi connectivity index (χ1n) is 6.64. The first-order valence-corrected chi connectivity index (χ1v) is 6.64. The van der Waals surface area contributed by atoms with Gasteiger partial charge in [0.25, 0.3) is 0 Å². The van der Waals surface area contributed by atoms with Crippen LogP contribution in [0.5, 0.6) is 5.75 Å². The zero-order valence-corrected chi connectivity index (χ0v) is 12.0. The molecule has 0 spiro atoms. The summed E-state index contributed by atoms with van der Waals surface area (Å²) in [7, 11) is 1.44. The van der Waals surface area contributed by atoms with Crippen molar-refractivity contribution in [3.05, 3.63) is 42.2 Å². The van der Waals surface area contributed by atoms with Gasteiger partial charge in [-0.2, -0.15) is 0 Å². The Morgan fingerprint density at radius 3 is 2.75 bits per heavy atom. The second-order valence-electron chi connectivity index (χ2n) is 5.24. The van der Waals surface area contributed by atoms with Crippen LogP contribution in [0.2, 0.25) is 0 Å². The van der Waals surface area contributed by atoms with Gasteiger partial charge < -0.3 is 15.0 Å². The van der Waals surface area contributed by atoms with Crippen LogP contribution in [0.4, 0.5) is 4.39 Å². The van der Waals surface area contributed by atoms with Crippen molar-refractivity contribution in [1.82, 2.24) is 9.55 Å². The lowest BCUT2D eigenvalue weighted by Crippen LogP contribution is -2.16. The van der Waals surface area contributed by atoms with Crippen LogP contribution in [0.1, 0.15) is 32.0 Å². The van der Waals surface area contributed by atoms with Gasteiger partial charge >= 0.3 is 0 Å². The summed E-state index contributed by atoms with van der Waals surface area (Å²) in [6, 6.07) is 4.69. The van der Waals surface area contributed by atoms with Crippen molar-refractivity contribution in [3.63, 3.8) is 0 Å². The Bertz CT molecular complexity index is 580. The van der Waals surface area contributed by atoms with Gasteiger partial charge in [-0.3, -0.25) is 0 Å². The molecule has 0 radical (unpaired) electrons. The second kappa shape index (κ2) is 6.05. The molecule has 20 heavy (non-hydrogen) atoms. The summed E-state index contributed by atoms with van der Waals surface area (Å²) in [6.45, 7) is 4.24. The van der Waals surface area contributed by atoms with Crippen LogP contribution < -0.4 is 10.5 Å². The molecular formula is C15H20FN3O. The number of aromatic nitrogens is 2. The molecule has 4 nitrogen and oxygen atoms in total. The fourth-order valence-electron chi connectivity index (χ4n) is 2.23. The normalized spacial score (nSPS) is 12.7. The van der Waals surface area contributed by atoms with Gasteiger partial charge in [0.15, 0.2) is 11.6 Å². The van der Waals surface area contributed by atoms with Crippen LogP contribution in [-0.2, 0) is 0 Å². The van der Waals surface area contributed by atoms with E-state index in [0.29, 0.717) is 11.6 Å². The molecule has 1 aromatic heterocycles. The maximum absolute atomic E-state index is 13.8. The first kappa shape index (κ1) is 14.5. The molecule has 0 saturated carbocycles. The highest BCUT2D eigenvalue weighted by molar-refractivity contribution is 5.40. The minimum absolute atomic E-state index is 0.123. The van der Waals surface area contributed by atoms with E-state index in [0.717, 1.165) is 12.1 Å². The molecule has 1 atom stereocenters. The number of hydrogen-bond donors (Lipinski definition) is 1. The fourth-order valence-corrected chi connectivity index (χ4v) is 2.23. The molecule has 2 rings (SSSR count). The van der Waals surface area contributed by atoms with Gasteiger partial charge in [-0.25, -0.2) is 9.37 Å². The molecule has 5 heteroatoms. The average molecular weight is 277 g/mol. The van der Waals surface area contributed by atoms with Crippen LogP contribution in [0, 0.1) is 11.7 Å². The first-order chi connectivity index (χ1) is 9.52. The Balaban J connectivity index is 2.34. The number of imidazole rings is 1. The van der Waals surface area contributed by atoms with Gasteiger partial charge in [0.1, 0.15) is 0 Å². The number of ether oxygens (including phenoxy) is 1. The summed E-state index contributed by atoms with van der Waals surface area (Å²) in [5, 5.41) is 0. The number of nitrogens with two attached hydrogens (primary N) is 1. The lowest BCUT2D eigenvalue weighted by atomic mass is 10.0. The number of benzene rings is 1. The van der Waals surface area contributed by atoms with Crippen LogP contribution >= 0.6 is 0 Å². The predicted octanol–water partition coefficient (Wildman–Crippen LogP) is 3.07. The van der Waals surface area contributed by atoms with Crippen LogP contribution in [0.3, 0.4) is 0 Å². The summed E-state index contributed by atoms with van der Waals surface area (Å²) >= 11 is 0. The van der Waals surface area contributed by atoms with Crippen LogP contribution in [0.15, 0.2) is 30.7 Å². The number of nitrogens with zero attached hydrogens (tertiary/aromatic N) is 2. The van der Waals surface area contributed by atoms with Crippen molar-refractivity contribution in [2.75, 3.05) is 7.11 Å². The highest BCUT2D eigenvalue weighted by atomic mass is 19.1. The average Bonchev–Trinajstić information content (AvgIpc) is 2.87. The molecule has 2 N–H and O–H groups in total. The molecule has 0 aliphatic rings. The van der Waals surface area contributed by atoms with E-state index in [1.165, 1.54) is 13.2 Å². The van der Waals surface area contributed by atoms with Crippen LogP contribution in [0.25, 0.3) is 5.69 Å². The van der Waals surface area contributed by atoms with E-state index < -0.39 is 5.82 Å².